The van der Waals surface area contributed by atoms with Gasteiger partial charge in [0.15, 0.2) is 5.78 Å². The number of nitro groups is 1. The molecule has 1 aliphatic carbocycles. The molecule has 72 valence electrons. The Morgan fingerprint density at radius 2 is 2.07 bits per heavy atom. The third kappa shape index (κ3) is 1.28. The molecule has 0 unspecified atom stereocenters. The topological polar surface area (TPSA) is 60.2 Å². The van der Waals surface area contributed by atoms with Gasteiger partial charge in [-0.2, -0.15) is 0 Å². The van der Waals surface area contributed by atoms with Gasteiger partial charge in [0.05, 0.1) is 4.92 Å². The van der Waals surface area contributed by atoms with Crippen LogP contribution >= 0.6 is 11.6 Å². The fourth-order valence-corrected chi connectivity index (χ4v) is 1.85. The minimum atomic E-state index is -0.575. The third-order valence-corrected chi connectivity index (χ3v) is 2.59. The fraction of sp³-hybridized carbons (Fsp3) is 0.222. The van der Waals surface area contributed by atoms with Crippen molar-refractivity contribution in [1.82, 2.24) is 0 Å². The summed E-state index contributed by atoms with van der Waals surface area (Å²) in [6, 6.07) is 2.78. The standard InChI is InChI=1S/C9H6ClNO3/c10-7-3-5-1-2-9(12)6(5)4-8(7)11(13)14/h3-4H,1-2H2. The Balaban J connectivity index is 2.62. The maximum Gasteiger partial charge on any atom is 0.288 e. The van der Waals surface area contributed by atoms with Gasteiger partial charge >= 0.3 is 0 Å². The van der Waals surface area contributed by atoms with Crippen LogP contribution in [0.4, 0.5) is 5.69 Å². The van der Waals surface area contributed by atoms with Crippen molar-refractivity contribution >= 4 is 23.1 Å². The first-order valence-corrected chi connectivity index (χ1v) is 4.47. The molecule has 0 saturated carbocycles. The van der Waals surface area contributed by atoms with E-state index in [4.69, 9.17) is 11.6 Å². The molecular formula is C9H6ClNO3. The number of hydrogen-bond acceptors (Lipinski definition) is 3. The Labute approximate surface area is 84.6 Å². The van der Waals surface area contributed by atoms with Crippen molar-refractivity contribution in [3.8, 4) is 0 Å². The lowest BCUT2D eigenvalue weighted by atomic mass is 10.1. The van der Waals surface area contributed by atoms with E-state index in [-0.39, 0.29) is 16.5 Å². The summed E-state index contributed by atoms with van der Waals surface area (Å²) >= 11 is 5.70. The van der Waals surface area contributed by atoms with Gasteiger partial charge in [0.1, 0.15) is 5.02 Å². The van der Waals surface area contributed by atoms with Gasteiger partial charge in [-0.1, -0.05) is 11.6 Å². The molecule has 2 rings (SSSR count). The predicted octanol–water partition coefficient (Wildman–Crippen LogP) is 2.38. The maximum absolute atomic E-state index is 11.3. The minimum Gasteiger partial charge on any atom is -0.294 e. The van der Waals surface area contributed by atoms with E-state index in [1.807, 2.05) is 0 Å². The molecule has 1 aliphatic rings. The van der Waals surface area contributed by atoms with Gasteiger partial charge in [-0.25, -0.2) is 0 Å². The smallest absolute Gasteiger partial charge is 0.288 e. The molecule has 5 heteroatoms. The van der Waals surface area contributed by atoms with E-state index >= 15 is 0 Å². The average molecular weight is 212 g/mol. The molecule has 1 aromatic carbocycles. The normalized spacial score (nSPS) is 14.2. The number of aryl methyl sites for hydroxylation is 1. The van der Waals surface area contributed by atoms with Gasteiger partial charge in [0.2, 0.25) is 0 Å². The van der Waals surface area contributed by atoms with E-state index in [1.54, 1.807) is 0 Å². The number of benzene rings is 1. The summed E-state index contributed by atoms with van der Waals surface area (Å²) in [5.74, 6) is -0.0419. The lowest BCUT2D eigenvalue weighted by molar-refractivity contribution is -0.384. The summed E-state index contributed by atoms with van der Waals surface area (Å²) in [6.45, 7) is 0. The molecule has 0 radical (unpaired) electrons. The quantitative estimate of drug-likeness (QED) is 0.529. The zero-order valence-electron chi connectivity index (χ0n) is 7.12. The van der Waals surface area contributed by atoms with Crippen molar-refractivity contribution in [2.24, 2.45) is 0 Å². The van der Waals surface area contributed by atoms with Crippen LogP contribution in [0.3, 0.4) is 0 Å². The van der Waals surface area contributed by atoms with Crippen molar-refractivity contribution < 1.29 is 9.72 Å². The molecule has 0 atom stereocenters. The van der Waals surface area contributed by atoms with Crippen LogP contribution in [0.2, 0.25) is 5.02 Å². The molecule has 0 aliphatic heterocycles. The predicted molar refractivity (Wildman–Crippen MR) is 50.8 cm³/mol. The number of halogens is 1. The number of carbonyl (C=O) groups excluding carboxylic acids is 1. The summed E-state index contributed by atoms with van der Waals surface area (Å²) in [4.78, 5) is 21.2. The molecular weight excluding hydrogens is 206 g/mol. The summed E-state index contributed by atoms with van der Waals surface area (Å²) in [7, 11) is 0. The zero-order chi connectivity index (χ0) is 10.3. The lowest BCUT2D eigenvalue weighted by Crippen LogP contribution is -1.95. The van der Waals surface area contributed by atoms with Crippen molar-refractivity contribution in [3.05, 3.63) is 38.4 Å². The molecule has 0 bridgehead atoms. The second-order valence-electron chi connectivity index (χ2n) is 3.14. The Morgan fingerprint density at radius 1 is 1.36 bits per heavy atom. The van der Waals surface area contributed by atoms with Crippen LogP contribution in [-0.2, 0) is 6.42 Å². The van der Waals surface area contributed by atoms with Crippen LogP contribution in [0.25, 0.3) is 0 Å². The number of rotatable bonds is 1. The van der Waals surface area contributed by atoms with Gasteiger partial charge in [-0.05, 0) is 18.1 Å². The monoisotopic (exact) mass is 211 g/mol. The summed E-state index contributed by atoms with van der Waals surface area (Å²) in [5.41, 5.74) is 1.06. The molecule has 0 saturated heterocycles. The first kappa shape index (κ1) is 9.15. The van der Waals surface area contributed by atoms with E-state index in [9.17, 15) is 14.9 Å². The highest BCUT2D eigenvalue weighted by molar-refractivity contribution is 6.33. The molecule has 0 spiro atoms. The maximum atomic E-state index is 11.3. The Hall–Kier alpha value is -1.42. The van der Waals surface area contributed by atoms with Crippen molar-refractivity contribution in [1.29, 1.82) is 0 Å². The number of carbonyl (C=O) groups is 1. The van der Waals surface area contributed by atoms with E-state index in [2.05, 4.69) is 0 Å². The second-order valence-corrected chi connectivity index (χ2v) is 3.55. The van der Waals surface area contributed by atoms with Crippen molar-refractivity contribution in [2.45, 2.75) is 12.8 Å². The van der Waals surface area contributed by atoms with Crippen LogP contribution in [-0.4, -0.2) is 10.7 Å². The molecule has 0 aromatic heterocycles. The SMILES string of the molecule is O=C1CCc2cc(Cl)c([N+](=O)[O-])cc21. The van der Waals surface area contributed by atoms with Crippen molar-refractivity contribution in [2.75, 3.05) is 0 Å². The molecule has 4 nitrogen and oxygen atoms in total. The number of nitro benzene ring substituents is 1. The Bertz CT molecular complexity index is 441. The Morgan fingerprint density at radius 3 is 2.71 bits per heavy atom. The van der Waals surface area contributed by atoms with E-state index in [0.29, 0.717) is 18.4 Å². The van der Waals surface area contributed by atoms with Crippen LogP contribution in [0.15, 0.2) is 12.1 Å². The first-order valence-electron chi connectivity index (χ1n) is 4.09. The minimum absolute atomic E-state index is 0.0419. The van der Waals surface area contributed by atoms with Gasteiger partial charge in [-0.3, -0.25) is 14.9 Å². The molecule has 1 aromatic rings. The number of Topliss-reactive ketones (excluding diaryl/α,β-unsaturated/α-hetero) is 1. The second kappa shape index (κ2) is 3.06. The van der Waals surface area contributed by atoms with Crippen LogP contribution in [0.5, 0.6) is 0 Å². The van der Waals surface area contributed by atoms with Crippen LogP contribution in [0.1, 0.15) is 22.3 Å². The fourth-order valence-electron chi connectivity index (χ4n) is 1.59. The molecule has 0 amide bonds. The summed E-state index contributed by atoms with van der Waals surface area (Å²) < 4.78 is 0. The van der Waals surface area contributed by atoms with Gasteiger partial charge in [-0.15, -0.1) is 0 Å². The average Bonchev–Trinajstić information content (AvgIpc) is 2.46. The van der Waals surface area contributed by atoms with Gasteiger partial charge < -0.3 is 0 Å². The largest absolute Gasteiger partial charge is 0.294 e. The van der Waals surface area contributed by atoms with Crippen LogP contribution in [0, 0.1) is 10.1 Å². The Kier molecular flexibility index (Phi) is 2.00. The summed E-state index contributed by atoms with van der Waals surface area (Å²) in [5, 5.41) is 10.6. The number of ketones is 1. The zero-order valence-corrected chi connectivity index (χ0v) is 7.87. The molecule has 0 heterocycles. The third-order valence-electron chi connectivity index (χ3n) is 2.29. The van der Waals surface area contributed by atoms with Gasteiger partial charge in [0, 0.05) is 18.1 Å². The van der Waals surface area contributed by atoms with E-state index in [1.165, 1.54) is 12.1 Å². The summed E-state index contributed by atoms with van der Waals surface area (Å²) in [6.07, 6.45) is 1.05. The molecule has 0 N–H and O–H groups in total. The lowest BCUT2D eigenvalue weighted by Gasteiger charge is -1.99. The van der Waals surface area contributed by atoms with Crippen molar-refractivity contribution in [3.63, 3.8) is 0 Å². The van der Waals surface area contributed by atoms with Crippen LogP contribution < -0.4 is 0 Å². The first-order chi connectivity index (χ1) is 6.59. The van der Waals surface area contributed by atoms with E-state index < -0.39 is 4.92 Å². The number of nitrogens with zero attached hydrogens (tertiary/aromatic N) is 1. The highest BCUT2D eigenvalue weighted by Gasteiger charge is 2.24. The van der Waals surface area contributed by atoms with E-state index in [0.717, 1.165) is 5.56 Å². The molecule has 14 heavy (non-hydrogen) atoms. The number of hydrogen-bond donors (Lipinski definition) is 0. The molecule has 0 fully saturated rings. The number of fused-ring (bicyclic) bond motifs is 1. The van der Waals surface area contributed by atoms with Gasteiger partial charge in [0.25, 0.3) is 5.69 Å². The highest BCUT2D eigenvalue weighted by atomic mass is 35.5. The highest BCUT2D eigenvalue weighted by Crippen LogP contribution is 2.32.